The fourth-order valence-electron chi connectivity index (χ4n) is 2.28. The Morgan fingerprint density at radius 1 is 0.857 bits per heavy atom. The van der Waals surface area contributed by atoms with Crippen LogP contribution in [-0.2, 0) is 0 Å². The minimum atomic E-state index is 0.814. The van der Waals surface area contributed by atoms with Crippen LogP contribution in [0, 0.1) is 0 Å². The predicted molar refractivity (Wildman–Crippen MR) is 86.1 cm³/mol. The van der Waals surface area contributed by atoms with Gasteiger partial charge < -0.3 is 0 Å². The van der Waals surface area contributed by atoms with Crippen LogP contribution in [0.5, 0.6) is 0 Å². The first-order valence-electron chi connectivity index (χ1n) is 6.61. The number of rotatable bonds is 2. The van der Waals surface area contributed by atoms with E-state index >= 15 is 0 Å². The number of hydrogen-bond acceptors (Lipinski definition) is 4. The largest absolute Gasteiger partial charge is 0.261 e. The Hall–Kier alpha value is -2.59. The molecule has 2 heterocycles. The number of fused-ring (bicyclic) bond motifs is 1. The van der Waals surface area contributed by atoms with Gasteiger partial charge in [0.25, 0.3) is 0 Å². The summed E-state index contributed by atoms with van der Waals surface area (Å²) in [6, 6.07) is 14.8. The Bertz CT molecular complexity index is 900. The van der Waals surface area contributed by atoms with Crippen molar-refractivity contribution in [3.05, 3.63) is 66.4 Å². The van der Waals surface area contributed by atoms with Crippen molar-refractivity contribution in [2.75, 3.05) is 0 Å². The molecule has 4 rings (SSSR count). The molecule has 0 radical (unpaired) electrons. The van der Waals surface area contributed by atoms with E-state index in [2.05, 4.69) is 62.8 Å². The zero-order chi connectivity index (χ0) is 14.1. The van der Waals surface area contributed by atoms with Gasteiger partial charge in [0.15, 0.2) is 0 Å². The summed E-state index contributed by atoms with van der Waals surface area (Å²) in [6.07, 6.45) is 5.09. The molecule has 21 heavy (non-hydrogen) atoms. The topological polar surface area (TPSA) is 38.7 Å². The van der Waals surface area contributed by atoms with Crippen molar-refractivity contribution in [2.45, 2.75) is 0 Å². The molecule has 100 valence electrons. The molecule has 4 heteroatoms. The molecule has 0 aliphatic rings. The van der Waals surface area contributed by atoms with Crippen LogP contribution in [-0.4, -0.2) is 15.0 Å². The van der Waals surface area contributed by atoms with Crippen molar-refractivity contribution >= 4 is 22.1 Å². The van der Waals surface area contributed by atoms with E-state index in [4.69, 9.17) is 0 Å². The normalized spacial score (nSPS) is 10.9. The first-order chi connectivity index (χ1) is 10.4. The van der Waals surface area contributed by atoms with Crippen LogP contribution in [0.15, 0.2) is 66.4 Å². The zero-order valence-corrected chi connectivity index (χ0v) is 11.9. The molecule has 0 aliphatic heterocycles. The van der Waals surface area contributed by atoms with Crippen molar-refractivity contribution in [1.29, 1.82) is 0 Å². The van der Waals surface area contributed by atoms with E-state index in [1.165, 1.54) is 10.8 Å². The molecule has 0 saturated carbocycles. The van der Waals surface area contributed by atoms with Crippen LogP contribution >= 0.6 is 11.3 Å². The van der Waals surface area contributed by atoms with Crippen LogP contribution in [0.1, 0.15) is 0 Å². The van der Waals surface area contributed by atoms with Gasteiger partial charge in [-0.2, -0.15) is 0 Å². The summed E-state index contributed by atoms with van der Waals surface area (Å²) < 4.78 is 0. The van der Waals surface area contributed by atoms with Crippen LogP contribution < -0.4 is 0 Å². The molecule has 0 bridgehead atoms. The van der Waals surface area contributed by atoms with Crippen molar-refractivity contribution < 1.29 is 0 Å². The zero-order valence-electron chi connectivity index (χ0n) is 11.1. The lowest BCUT2D eigenvalue weighted by Crippen LogP contribution is -1.84. The number of aromatic nitrogens is 3. The van der Waals surface area contributed by atoms with Gasteiger partial charge in [-0.25, -0.2) is 4.98 Å². The number of thiazole rings is 1. The van der Waals surface area contributed by atoms with Gasteiger partial charge >= 0.3 is 0 Å². The standard InChI is InChI=1S/C17H11N3S/c1-2-4-13-9-14(6-5-12(13)3-1)16-11-21-17(20-16)15-10-18-7-8-19-15/h1-11H. The van der Waals surface area contributed by atoms with Gasteiger partial charge in [-0.3, -0.25) is 9.97 Å². The molecule has 0 aliphatic carbocycles. The van der Waals surface area contributed by atoms with E-state index in [1.54, 1.807) is 29.9 Å². The first-order valence-corrected chi connectivity index (χ1v) is 7.49. The Morgan fingerprint density at radius 2 is 1.76 bits per heavy atom. The van der Waals surface area contributed by atoms with Gasteiger partial charge in [-0.1, -0.05) is 36.4 Å². The quantitative estimate of drug-likeness (QED) is 0.548. The van der Waals surface area contributed by atoms with E-state index in [9.17, 15) is 0 Å². The summed E-state index contributed by atoms with van der Waals surface area (Å²) in [5.74, 6) is 0. The van der Waals surface area contributed by atoms with Gasteiger partial charge in [0.1, 0.15) is 10.7 Å². The first kappa shape index (κ1) is 12.2. The van der Waals surface area contributed by atoms with Crippen LogP contribution in [0.2, 0.25) is 0 Å². The highest BCUT2D eigenvalue weighted by Crippen LogP contribution is 2.29. The molecule has 2 aromatic heterocycles. The Labute approximate surface area is 126 Å². The highest BCUT2D eigenvalue weighted by Gasteiger charge is 2.08. The van der Waals surface area contributed by atoms with Crippen LogP contribution in [0.3, 0.4) is 0 Å². The number of benzene rings is 2. The Kier molecular flexibility index (Phi) is 2.94. The Morgan fingerprint density at radius 3 is 2.62 bits per heavy atom. The van der Waals surface area contributed by atoms with Gasteiger partial charge in [-0.15, -0.1) is 11.3 Å². The molecule has 0 saturated heterocycles. The van der Waals surface area contributed by atoms with Crippen molar-refractivity contribution in [3.63, 3.8) is 0 Å². The average molecular weight is 289 g/mol. The SMILES string of the molecule is c1ccc2cc(-c3csc(-c4cnccn4)n3)ccc2c1. The highest BCUT2D eigenvalue weighted by molar-refractivity contribution is 7.13. The molecular formula is C17H11N3S. The van der Waals surface area contributed by atoms with Gasteiger partial charge in [0.2, 0.25) is 0 Å². The lowest BCUT2D eigenvalue weighted by molar-refractivity contribution is 1.19. The summed E-state index contributed by atoms with van der Waals surface area (Å²) in [6.45, 7) is 0. The summed E-state index contributed by atoms with van der Waals surface area (Å²) in [7, 11) is 0. The highest BCUT2D eigenvalue weighted by atomic mass is 32.1. The summed E-state index contributed by atoms with van der Waals surface area (Å²) in [5.41, 5.74) is 2.92. The Balaban J connectivity index is 1.77. The summed E-state index contributed by atoms with van der Waals surface area (Å²) in [4.78, 5) is 13.1. The third kappa shape index (κ3) is 2.30. The van der Waals surface area contributed by atoms with Crippen LogP contribution in [0.25, 0.3) is 32.7 Å². The molecule has 3 nitrogen and oxygen atoms in total. The molecule has 0 unspecified atom stereocenters. The molecule has 0 atom stereocenters. The molecule has 2 aromatic carbocycles. The molecular weight excluding hydrogens is 278 g/mol. The van der Waals surface area contributed by atoms with E-state index < -0.39 is 0 Å². The number of hydrogen-bond donors (Lipinski definition) is 0. The second-order valence-corrected chi connectivity index (χ2v) is 5.55. The molecule has 0 N–H and O–H groups in total. The second-order valence-electron chi connectivity index (χ2n) is 4.69. The van der Waals surface area contributed by atoms with Crippen LogP contribution in [0.4, 0.5) is 0 Å². The van der Waals surface area contributed by atoms with E-state index in [0.717, 1.165) is 22.0 Å². The number of nitrogens with zero attached hydrogens (tertiary/aromatic N) is 3. The third-order valence-electron chi connectivity index (χ3n) is 3.33. The maximum absolute atomic E-state index is 4.67. The van der Waals surface area contributed by atoms with E-state index in [-0.39, 0.29) is 0 Å². The summed E-state index contributed by atoms with van der Waals surface area (Å²) >= 11 is 1.59. The summed E-state index contributed by atoms with van der Waals surface area (Å²) in [5, 5.41) is 5.43. The molecule has 0 spiro atoms. The second kappa shape index (κ2) is 5.07. The van der Waals surface area contributed by atoms with E-state index in [0.29, 0.717) is 0 Å². The smallest absolute Gasteiger partial charge is 0.144 e. The maximum Gasteiger partial charge on any atom is 0.144 e. The monoisotopic (exact) mass is 289 g/mol. The molecule has 4 aromatic rings. The van der Waals surface area contributed by atoms with Crippen molar-refractivity contribution in [1.82, 2.24) is 15.0 Å². The van der Waals surface area contributed by atoms with E-state index in [1.807, 2.05) is 0 Å². The minimum Gasteiger partial charge on any atom is -0.261 e. The van der Waals surface area contributed by atoms with Crippen molar-refractivity contribution in [3.8, 4) is 22.0 Å². The van der Waals surface area contributed by atoms with Gasteiger partial charge in [-0.05, 0) is 16.8 Å². The van der Waals surface area contributed by atoms with Gasteiger partial charge in [0.05, 0.1) is 11.9 Å². The maximum atomic E-state index is 4.67. The van der Waals surface area contributed by atoms with Crippen molar-refractivity contribution in [2.24, 2.45) is 0 Å². The lowest BCUT2D eigenvalue weighted by Gasteiger charge is -2.00. The van der Waals surface area contributed by atoms with Gasteiger partial charge in [0, 0.05) is 23.3 Å². The predicted octanol–water partition coefficient (Wildman–Crippen LogP) is 4.42. The molecule has 0 fully saturated rings. The average Bonchev–Trinajstić information content (AvgIpc) is 3.05. The lowest BCUT2D eigenvalue weighted by atomic mass is 10.1. The molecule has 0 amide bonds. The third-order valence-corrected chi connectivity index (χ3v) is 4.20. The minimum absolute atomic E-state index is 0.814. The fourth-order valence-corrected chi connectivity index (χ4v) is 3.07. The fraction of sp³-hybridized carbons (Fsp3) is 0.